The molecule has 1 saturated heterocycles. The molecule has 2 fully saturated rings. The van der Waals surface area contributed by atoms with Crippen molar-refractivity contribution in [3.63, 3.8) is 0 Å². The Morgan fingerprint density at radius 2 is 2.30 bits per heavy atom. The number of amides is 1. The van der Waals surface area contributed by atoms with Crippen molar-refractivity contribution in [2.24, 2.45) is 5.92 Å². The number of phenolic OH excluding ortho intramolecular Hbond substituents is 1. The molecule has 1 saturated carbocycles. The zero-order valence-corrected chi connectivity index (χ0v) is 14.3. The Kier molecular flexibility index (Phi) is 5.46. The number of hydrogen-bond donors (Lipinski definition) is 2. The van der Waals surface area contributed by atoms with E-state index in [1.54, 1.807) is 18.2 Å². The number of ether oxygens (including phenoxy) is 1. The van der Waals surface area contributed by atoms with Gasteiger partial charge in [-0.2, -0.15) is 0 Å². The van der Waals surface area contributed by atoms with Crippen LogP contribution in [0.3, 0.4) is 0 Å². The number of nitrogens with zero attached hydrogens (tertiary/aromatic N) is 1. The number of aromatic hydroxyl groups is 1. The third-order valence-corrected chi connectivity index (χ3v) is 5.48. The molecule has 1 aliphatic heterocycles. The maximum Gasteiger partial charge on any atom is 0.244 e. The summed E-state index contributed by atoms with van der Waals surface area (Å²) >= 11 is 1.50. The fourth-order valence-electron chi connectivity index (χ4n) is 3.10. The maximum absolute atomic E-state index is 12.7. The third-order valence-electron chi connectivity index (χ3n) is 4.70. The normalized spacial score (nSPS) is 22.6. The molecule has 0 bridgehead atoms. The van der Waals surface area contributed by atoms with E-state index >= 15 is 0 Å². The van der Waals surface area contributed by atoms with Crippen molar-refractivity contribution < 1.29 is 14.6 Å². The molecular formula is C17H24N2O3S. The molecular weight excluding hydrogens is 312 g/mol. The van der Waals surface area contributed by atoms with Gasteiger partial charge in [0.2, 0.25) is 5.91 Å². The number of morpholine rings is 1. The molecule has 1 unspecified atom stereocenters. The largest absolute Gasteiger partial charge is 0.508 e. The lowest BCUT2D eigenvalue weighted by Gasteiger charge is -2.39. The van der Waals surface area contributed by atoms with Crippen molar-refractivity contribution in [1.29, 1.82) is 0 Å². The highest BCUT2D eigenvalue weighted by atomic mass is 32.2. The van der Waals surface area contributed by atoms with Gasteiger partial charge in [-0.3, -0.25) is 9.69 Å². The minimum Gasteiger partial charge on any atom is -0.508 e. The van der Waals surface area contributed by atoms with Gasteiger partial charge < -0.3 is 15.2 Å². The highest BCUT2D eigenvalue weighted by Gasteiger charge is 2.32. The minimum atomic E-state index is -0.229. The quantitative estimate of drug-likeness (QED) is 0.639. The van der Waals surface area contributed by atoms with Gasteiger partial charge in [-0.25, -0.2) is 0 Å². The number of thioether (sulfide) groups is 1. The van der Waals surface area contributed by atoms with E-state index in [9.17, 15) is 9.90 Å². The Balaban J connectivity index is 1.67. The number of benzene rings is 1. The van der Waals surface area contributed by atoms with E-state index in [1.807, 2.05) is 6.26 Å². The van der Waals surface area contributed by atoms with Crippen LogP contribution in [0.5, 0.6) is 5.75 Å². The van der Waals surface area contributed by atoms with Crippen LogP contribution in [0.2, 0.25) is 0 Å². The van der Waals surface area contributed by atoms with E-state index in [2.05, 4.69) is 10.2 Å². The molecule has 0 aromatic heterocycles. The number of nitrogens with one attached hydrogen (secondary N) is 1. The first-order chi connectivity index (χ1) is 11.2. The first kappa shape index (κ1) is 16.6. The van der Waals surface area contributed by atoms with Gasteiger partial charge in [-0.1, -0.05) is 6.42 Å². The second-order valence-corrected chi connectivity index (χ2v) is 7.10. The minimum absolute atomic E-state index is 0.0231. The van der Waals surface area contributed by atoms with Gasteiger partial charge in [0, 0.05) is 18.0 Å². The molecule has 1 aromatic rings. The van der Waals surface area contributed by atoms with E-state index in [0.29, 0.717) is 13.2 Å². The summed E-state index contributed by atoms with van der Waals surface area (Å²) in [5, 5.41) is 12.6. The highest BCUT2D eigenvalue weighted by Crippen LogP contribution is 2.30. The summed E-state index contributed by atoms with van der Waals surface area (Å²) in [5.41, 5.74) is 0.745. The first-order valence-corrected chi connectivity index (χ1v) is 9.39. The average molecular weight is 336 g/mol. The third kappa shape index (κ3) is 4.00. The van der Waals surface area contributed by atoms with Crippen LogP contribution in [0.4, 0.5) is 5.69 Å². The topological polar surface area (TPSA) is 61.8 Å². The molecule has 6 heteroatoms. The standard InChI is InChI=1S/C17H24N2O3S/c1-23-16-9-13(20)5-6-14(16)18-17(21)15-11-22-8-7-19(15)10-12-3-2-4-12/h5-6,9,12,15,20H,2-4,7-8,10-11H2,1H3,(H,18,21). The van der Waals surface area contributed by atoms with E-state index in [4.69, 9.17) is 4.74 Å². The molecule has 0 spiro atoms. The number of hydrogen-bond acceptors (Lipinski definition) is 5. The second-order valence-electron chi connectivity index (χ2n) is 6.26. The summed E-state index contributed by atoms with van der Waals surface area (Å²) in [6.45, 7) is 2.96. The first-order valence-electron chi connectivity index (χ1n) is 8.17. The summed E-state index contributed by atoms with van der Waals surface area (Å²) in [6, 6.07) is 4.79. The van der Waals surface area contributed by atoms with Gasteiger partial charge in [-0.05, 0) is 43.2 Å². The predicted octanol–water partition coefficient (Wildman–Crippen LogP) is 2.55. The van der Waals surface area contributed by atoms with Crippen molar-refractivity contribution in [2.45, 2.75) is 30.2 Å². The number of anilines is 1. The summed E-state index contributed by atoms with van der Waals surface area (Å²) in [4.78, 5) is 15.8. The Hall–Kier alpha value is -1.24. The van der Waals surface area contributed by atoms with Crippen LogP contribution in [0, 0.1) is 5.92 Å². The molecule has 1 aliphatic carbocycles. The molecule has 23 heavy (non-hydrogen) atoms. The average Bonchev–Trinajstić information content (AvgIpc) is 2.53. The Morgan fingerprint density at radius 3 is 3.00 bits per heavy atom. The molecule has 1 heterocycles. The van der Waals surface area contributed by atoms with E-state index in [0.717, 1.165) is 29.6 Å². The zero-order valence-electron chi connectivity index (χ0n) is 13.5. The van der Waals surface area contributed by atoms with Crippen molar-refractivity contribution in [3.05, 3.63) is 18.2 Å². The van der Waals surface area contributed by atoms with Crippen LogP contribution < -0.4 is 5.32 Å². The number of rotatable bonds is 5. The van der Waals surface area contributed by atoms with Crippen molar-refractivity contribution in [2.75, 3.05) is 37.9 Å². The number of carbonyl (C=O) groups excluding carboxylic acids is 1. The van der Waals surface area contributed by atoms with Gasteiger partial charge in [0.1, 0.15) is 11.8 Å². The van der Waals surface area contributed by atoms with Crippen LogP contribution in [0.1, 0.15) is 19.3 Å². The van der Waals surface area contributed by atoms with Gasteiger partial charge in [0.25, 0.3) is 0 Å². The van der Waals surface area contributed by atoms with Crippen LogP contribution >= 0.6 is 11.8 Å². The van der Waals surface area contributed by atoms with Gasteiger partial charge >= 0.3 is 0 Å². The van der Waals surface area contributed by atoms with Crippen LogP contribution in [0.25, 0.3) is 0 Å². The van der Waals surface area contributed by atoms with Crippen molar-refractivity contribution >= 4 is 23.4 Å². The summed E-state index contributed by atoms with van der Waals surface area (Å²) in [6.07, 6.45) is 5.80. The Labute approximate surface area is 141 Å². The molecule has 0 radical (unpaired) electrons. The molecule has 1 aromatic carbocycles. The Bertz CT molecular complexity index is 563. The number of carbonyl (C=O) groups is 1. The molecule has 1 atom stereocenters. The fraction of sp³-hybridized carbons (Fsp3) is 0.588. The maximum atomic E-state index is 12.7. The molecule has 2 aliphatic rings. The molecule has 2 N–H and O–H groups in total. The number of phenols is 1. The smallest absolute Gasteiger partial charge is 0.244 e. The van der Waals surface area contributed by atoms with E-state index < -0.39 is 0 Å². The molecule has 5 nitrogen and oxygen atoms in total. The molecule has 3 rings (SSSR count). The lowest BCUT2D eigenvalue weighted by Crippen LogP contribution is -2.53. The SMILES string of the molecule is CSc1cc(O)ccc1NC(=O)C1COCCN1CC1CCC1. The van der Waals surface area contributed by atoms with Crippen LogP contribution in [-0.2, 0) is 9.53 Å². The van der Waals surface area contributed by atoms with Crippen LogP contribution in [-0.4, -0.2) is 54.5 Å². The Morgan fingerprint density at radius 1 is 1.48 bits per heavy atom. The molecule has 1 amide bonds. The monoisotopic (exact) mass is 336 g/mol. The highest BCUT2D eigenvalue weighted by molar-refractivity contribution is 7.98. The van der Waals surface area contributed by atoms with Gasteiger partial charge in [0.15, 0.2) is 0 Å². The summed E-state index contributed by atoms with van der Waals surface area (Å²) < 4.78 is 5.53. The fourth-order valence-corrected chi connectivity index (χ4v) is 3.68. The van der Waals surface area contributed by atoms with Crippen molar-refractivity contribution in [3.8, 4) is 5.75 Å². The predicted molar refractivity (Wildman–Crippen MR) is 92.0 cm³/mol. The van der Waals surface area contributed by atoms with E-state index in [-0.39, 0.29) is 17.7 Å². The summed E-state index contributed by atoms with van der Waals surface area (Å²) in [7, 11) is 0. The second kappa shape index (κ2) is 7.55. The summed E-state index contributed by atoms with van der Waals surface area (Å²) in [5.74, 6) is 0.920. The van der Waals surface area contributed by atoms with Gasteiger partial charge in [0.05, 0.1) is 18.9 Å². The zero-order chi connectivity index (χ0) is 16.2. The lowest BCUT2D eigenvalue weighted by molar-refractivity contribution is -0.128. The molecule has 126 valence electrons. The van der Waals surface area contributed by atoms with E-state index in [1.165, 1.54) is 31.0 Å². The van der Waals surface area contributed by atoms with Gasteiger partial charge in [-0.15, -0.1) is 11.8 Å². The van der Waals surface area contributed by atoms with Crippen molar-refractivity contribution in [1.82, 2.24) is 4.90 Å². The van der Waals surface area contributed by atoms with Crippen LogP contribution in [0.15, 0.2) is 23.1 Å². The lowest BCUT2D eigenvalue weighted by atomic mass is 9.84.